The predicted molar refractivity (Wildman–Crippen MR) is 150 cm³/mol. The monoisotopic (exact) mass is 494 g/mol. The lowest BCUT2D eigenvalue weighted by atomic mass is 9.76. The molecule has 3 heteroatoms. The van der Waals surface area contributed by atoms with E-state index in [1.807, 2.05) is 19.1 Å². The van der Waals surface area contributed by atoms with Gasteiger partial charge in [-0.05, 0) is 83.9 Å². The van der Waals surface area contributed by atoms with Crippen molar-refractivity contribution in [3.63, 3.8) is 0 Å². The number of unbranched alkanes of at least 4 members (excludes halogenated alkanes) is 4. The molecular formula is C33H47FO2. The number of carbonyl (C=O) groups is 1. The van der Waals surface area contributed by atoms with Gasteiger partial charge in [0.05, 0.1) is 0 Å². The zero-order valence-corrected chi connectivity index (χ0v) is 23.1. The molecule has 0 aliphatic heterocycles. The Morgan fingerprint density at radius 3 is 2.28 bits per heavy atom. The zero-order valence-electron chi connectivity index (χ0n) is 23.1. The van der Waals surface area contributed by atoms with Crippen molar-refractivity contribution in [1.29, 1.82) is 0 Å². The maximum atomic E-state index is 14.3. The van der Waals surface area contributed by atoms with E-state index in [1.165, 1.54) is 81.8 Å². The quantitative estimate of drug-likeness (QED) is 0.157. The third-order valence-corrected chi connectivity index (χ3v) is 8.12. The van der Waals surface area contributed by atoms with Gasteiger partial charge >= 0.3 is 5.97 Å². The average molecular weight is 495 g/mol. The maximum absolute atomic E-state index is 14.3. The highest BCUT2D eigenvalue weighted by molar-refractivity contribution is 5.78. The number of hydrogen-bond acceptors (Lipinski definition) is 2. The van der Waals surface area contributed by atoms with E-state index in [1.54, 1.807) is 30.2 Å². The molecule has 0 radical (unpaired) electrons. The van der Waals surface area contributed by atoms with Crippen molar-refractivity contribution in [3.05, 3.63) is 53.1 Å². The molecule has 0 bridgehead atoms. The molecule has 1 aliphatic rings. The van der Waals surface area contributed by atoms with Crippen LogP contribution in [-0.4, -0.2) is 12.1 Å². The first-order chi connectivity index (χ1) is 17.5. The van der Waals surface area contributed by atoms with Crippen molar-refractivity contribution < 1.29 is 13.9 Å². The van der Waals surface area contributed by atoms with Crippen LogP contribution in [-0.2, 0) is 17.6 Å². The van der Waals surface area contributed by atoms with Gasteiger partial charge in [-0.1, -0.05) is 103 Å². The Balaban J connectivity index is 1.85. The van der Waals surface area contributed by atoms with Crippen molar-refractivity contribution >= 4 is 5.97 Å². The van der Waals surface area contributed by atoms with Crippen molar-refractivity contribution in [2.24, 2.45) is 5.92 Å². The molecule has 1 aliphatic carbocycles. The number of ether oxygens (including phenoxy) is 1. The first kappa shape index (κ1) is 28.4. The van der Waals surface area contributed by atoms with Gasteiger partial charge in [0.15, 0.2) is 6.17 Å². The lowest BCUT2D eigenvalue weighted by Gasteiger charge is -2.28. The average Bonchev–Trinajstić information content (AvgIpc) is 2.92. The van der Waals surface area contributed by atoms with Crippen molar-refractivity contribution in [3.8, 4) is 16.9 Å². The van der Waals surface area contributed by atoms with E-state index in [0.717, 1.165) is 12.0 Å². The second-order valence-corrected chi connectivity index (χ2v) is 10.7. The maximum Gasteiger partial charge on any atom is 0.346 e. The summed E-state index contributed by atoms with van der Waals surface area (Å²) in [5.74, 6) is -0.0630. The molecule has 1 fully saturated rings. The van der Waals surface area contributed by atoms with E-state index in [4.69, 9.17) is 4.74 Å². The number of rotatable bonds is 13. The van der Waals surface area contributed by atoms with E-state index in [-0.39, 0.29) is 5.92 Å². The Bertz CT molecular complexity index is 943. The summed E-state index contributed by atoms with van der Waals surface area (Å²) >= 11 is 0. The normalized spacial score (nSPS) is 16.0. The van der Waals surface area contributed by atoms with Crippen molar-refractivity contribution in [2.45, 2.75) is 123 Å². The summed E-state index contributed by atoms with van der Waals surface area (Å²) in [5.41, 5.74) is 7.09. The van der Waals surface area contributed by atoms with Gasteiger partial charge in [-0.3, -0.25) is 0 Å². The van der Waals surface area contributed by atoms with Gasteiger partial charge in [0.2, 0.25) is 0 Å². The SMILES string of the molecule is CCCCCCCc1ccc(-c2ccc(OC(=O)C(F)C(C)CC)cc2)c(CC)c1C1CCCCC1. The fraction of sp³-hybridized carbons (Fsp3) is 0.606. The van der Waals surface area contributed by atoms with Gasteiger partial charge in [-0.2, -0.15) is 0 Å². The minimum Gasteiger partial charge on any atom is -0.424 e. The Kier molecular flexibility index (Phi) is 11.5. The Hall–Kier alpha value is -2.16. The Morgan fingerprint density at radius 2 is 1.64 bits per heavy atom. The summed E-state index contributed by atoms with van der Waals surface area (Å²) in [6.07, 6.45) is 14.4. The van der Waals surface area contributed by atoms with Crippen molar-refractivity contribution in [1.82, 2.24) is 0 Å². The molecule has 2 nitrogen and oxygen atoms in total. The van der Waals surface area contributed by atoms with Crippen LogP contribution in [0, 0.1) is 5.92 Å². The van der Waals surface area contributed by atoms with Gasteiger partial charge < -0.3 is 4.74 Å². The first-order valence-corrected chi connectivity index (χ1v) is 14.6. The standard InChI is InChI=1S/C33H47FO2/c1-5-8-9-10-12-17-27-20-23-30(29(7-3)31(27)26-15-13-11-14-16-26)25-18-21-28(22-19-25)36-33(35)32(34)24(4)6-2/h18-24,26,32H,5-17H2,1-4H3. The van der Waals surface area contributed by atoms with Crippen LogP contribution >= 0.6 is 0 Å². The topological polar surface area (TPSA) is 26.3 Å². The molecule has 2 atom stereocenters. The molecule has 2 unspecified atom stereocenters. The fourth-order valence-electron chi connectivity index (χ4n) is 5.72. The van der Waals surface area contributed by atoms with Gasteiger partial charge in [0.1, 0.15) is 5.75 Å². The van der Waals surface area contributed by atoms with Crippen LogP contribution in [0.2, 0.25) is 0 Å². The molecule has 2 aromatic carbocycles. The number of aryl methyl sites for hydroxylation is 1. The highest BCUT2D eigenvalue weighted by Gasteiger charge is 2.26. The van der Waals surface area contributed by atoms with Crippen LogP contribution in [0.15, 0.2) is 36.4 Å². The van der Waals surface area contributed by atoms with Gasteiger partial charge in [0, 0.05) is 0 Å². The molecule has 198 valence electrons. The van der Waals surface area contributed by atoms with E-state index >= 15 is 0 Å². The minimum atomic E-state index is -1.59. The van der Waals surface area contributed by atoms with Crippen LogP contribution in [0.3, 0.4) is 0 Å². The minimum absolute atomic E-state index is 0.341. The second-order valence-electron chi connectivity index (χ2n) is 10.7. The van der Waals surface area contributed by atoms with Gasteiger partial charge in [-0.25, -0.2) is 9.18 Å². The van der Waals surface area contributed by atoms with Crippen LogP contribution < -0.4 is 4.74 Å². The summed E-state index contributed by atoms with van der Waals surface area (Å²) in [4.78, 5) is 12.2. The number of carbonyl (C=O) groups excluding carboxylic acids is 1. The predicted octanol–water partition coefficient (Wildman–Crippen LogP) is 9.77. The van der Waals surface area contributed by atoms with Crippen molar-refractivity contribution in [2.75, 3.05) is 0 Å². The summed E-state index contributed by atoms with van der Waals surface area (Å²) in [7, 11) is 0. The molecule has 3 rings (SSSR count). The summed E-state index contributed by atoms with van der Waals surface area (Å²) < 4.78 is 19.6. The zero-order chi connectivity index (χ0) is 25.9. The van der Waals surface area contributed by atoms with Gasteiger partial charge in [-0.15, -0.1) is 0 Å². The molecule has 0 aromatic heterocycles. The largest absolute Gasteiger partial charge is 0.424 e. The van der Waals surface area contributed by atoms with E-state index in [0.29, 0.717) is 18.1 Å². The van der Waals surface area contributed by atoms with Crippen LogP contribution in [0.1, 0.15) is 121 Å². The third-order valence-electron chi connectivity index (χ3n) is 8.12. The number of halogens is 1. The first-order valence-electron chi connectivity index (χ1n) is 14.6. The molecule has 2 aromatic rings. The molecule has 0 amide bonds. The highest BCUT2D eigenvalue weighted by Crippen LogP contribution is 2.41. The molecule has 0 N–H and O–H groups in total. The van der Waals surface area contributed by atoms with Crippen LogP contribution in [0.25, 0.3) is 11.1 Å². The number of alkyl halides is 1. The van der Waals surface area contributed by atoms with Crippen LogP contribution in [0.4, 0.5) is 4.39 Å². The molecule has 0 saturated heterocycles. The van der Waals surface area contributed by atoms with E-state index in [2.05, 4.69) is 26.0 Å². The lowest BCUT2D eigenvalue weighted by Crippen LogP contribution is -2.27. The number of benzene rings is 2. The molecular weight excluding hydrogens is 447 g/mol. The Morgan fingerprint density at radius 1 is 0.944 bits per heavy atom. The molecule has 36 heavy (non-hydrogen) atoms. The molecule has 0 spiro atoms. The summed E-state index contributed by atoms with van der Waals surface area (Å²) in [6, 6.07) is 12.3. The second kappa shape index (κ2) is 14.5. The summed E-state index contributed by atoms with van der Waals surface area (Å²) in [5, 5.41) is 0. The smallest absolute Gasteiger partial charge is 0.346 e. The number of hydrogen-bond donors (Lipinski definition) is 0. The van der Waals surface area contributed by atoms with E-state index < -0.39 is 12.1 Å². The molecule has 0 heterocycles. The highest BCUT2D eigenvalue weighted by atomic mass is 19.1. The van der Waals surface area contributed by atoms with E-state index in [9.17, 15) is 9.18 Å². The third kappa shape index (κ3) is 7.43. The molecule has 1 saturated carbocycles. The number of esters is 1. The Labute approximate surface area is 219 Å². The lowest BCUT2D eigenvalue weighted by molar-refractivity contribution is -0.141. The summed E-state index contributed by atoms with van der Waals surface area (Å²) in [6.45, 7) is 8.17. The van der Waals surface area contributed by atoms with Gasteiger partial charge in [0.25, 0.3) is 0 Å². The fourth-order valence-corrected chi connectivity index (χ4v) is 5.72. The van der Waals surface area contributed by atoms with Crippen LogP contribution in [0.5, 0.6) is 5.75 Å².